The van der Waals surface area contributed by atoms with E-state index in [2.05, 4.69) is 4.98 Å². The van der Waals surface area contributed by atoms with Crippen LogP contribution < -0.4 is 4.74 Å². The largest absolute Gasteiger partial charge is 0.478 e. The van der Waals surface area contributed by atoms with Gasteiger partial charge in [-0.1, -0.05) is 18.2 Å². The Morgan fingerprint density at radius 3 is 2.74 bits per heavy atom. The van der Waals surface area contributed by atoms with E-state index < -0.39 is 23.8 Å². The molecular weight excluding hydrogens is 455 g/mol. The van der Waals surface area contributed by atoms with Crippen molar-refractivity contribution in [2.24, 2.45) is 0 Å². The number of hydrogen-bond acceptors (Lipinski definition) is 6. The predicted octanol–water partition coefficient (Wildman–Crippen LogP) is 3.01. The highest BCUT2D eigenvalue weighted by atomic mass is 19.4. The first-order valence-electron chi connectivity index (χ1n) is 10.8. The molecule has 1 amide bonds. The molecule has 34 heavy (non-hydrogen) atoms. The number of ether oxygens (including phenoxy) is 1. The van der Waals surface area contributed by atoms with Gasteiger partial charge in [0.25, 0.3) is 0 Å². The zero-order valence-corrected chi connectivity index (χ0v) is 18.4. The van der Waals surface area contributed by atoms with Gasteiger partial charge in [0.05, 0.1) is 23.8 Å². The van der Waals surface area contributed by atoms with Crippen LogP contribution in [-0.4, -0.2) is 69.4 Å². The summed E-state index contributed by atoms with van der Waals surface area (Å²) in [6.45, 7) is 1.24. The topological polar surface area (TPSA) is 103 Å². The van der Waals surface area contributed by atoms with Gasteiger partial charge < -0.3 is 14.9 Å². The van der Waals surface area contributed by atoms with Gasteiger partial charge in [0.15, 0.2) is 0 Å². The van der Waals surface area contributed by atoms with Crippen molar-refractivity contribution in [1.29, 1.82) is 0 Å². The number of carbonyl (C=O) groups excluding carboxylic acids is 1. The number of carboxylic acids is 1. The molecule has 1 aromatic carbocycles. The maximum Gasteiger partial charge on any atom is 0.416 e. The Labute approximate surface area is 194 Å². The monoisotopic (exact) mass is 481 g/mol. The number of aromatic nitrogens is 1. The molecule has 0 saturated carbocycles. The van der Waals surface area contributed by atoms with Crippen molar-refractivity contribution in [2.45, 2.75) is 38.0 Å². The van der Waals surface area contributed by atoms with E-state index in [1.54, 1.807) is 11.1 Å². The lowest BCUT2D eigenvalue weighted by Gasteiger charge is -2.38. The number of pyridine rings is 1. The molecule has 1 aromatic heterocycles. The van der Waals surface area contributed by atoms with E-state index in [0.29, 0.717) is 31.5 Å². The molecule has 0 bridgehead atoms. The Balaban J connectivity index is 1.52. The van der Waals surface area contributed by atoms with Crippen molar-refractivity contribution in [3.8, 4) is 5.88 Å². The number of aliphatic hydroxyl groups excluding tert-OH is 1. The quantitative estimate of drug-likeness (QED) is 0.538. The Hall–Kier alpha value is -3.18. The van der Waals surface area contributed by atoms with E-state index in [1.165, 1.54) is 29.4 Å². The third kappa shape index (κ3) is 7.16. The number of hydrogen-bond donors (Lipinski definition) is 2. The van der Waals surface area contributed by atoms with Gasteiger partial charge >= 0.3 is 12.1 Å². The third-order valence-corrected chi connectivity index (χ3v) is 5.42. The number of carboxylic acid groups (broad SMARTS) is 1. The number of nitrogens with zero attached hydrogens (tertiary/aromatic N) is 3. The van der Waals surface area contributed by atoms with Crippen LogP contribution in [0.4, 0.5) is 13.2 Å². The van der Waals surface area contributed by atoms with Crippen molar-refractivity contribution < 1.29 is 37.7 Å². The van der Waals surface area contributed by atoms with Crippen molar-refractivity contribution in [1.82, 2.24) is 15.0 Å². The Bertz CT molecular complexity index is 1000. The van der Waals surface area contributed by atoms with Gasteiger partial charge in [-0.2, -0.15) is 13.2 Å². The molecule has 2 N–H and O–H groups in total. The van der Waals surface area contributed by atoms with Crippen LogP contribution in [0, 0.1) is 0 Å². The Morgan fingerprint density at radius 1 is 1.21 bits per heavy atom. The lowest BCUT2D eigenvalue weighted by molar-refractivity contribution is -0.157. The van der Waals surface area contributed by atoms with Gasteiger partial charge in [-0.25, -0.2) is 14.8 Å². The molecule has 0 aliphatic carbocycles. The van der Waals surface area contributed by atoms with Crippen LogP contribution in [-0.2, 0) is 17.4 Å². The van der Waals surface area contributed by atoms with E-state index in [1.807, 2.05) is 0 Å². The molecule has 184 valence electrons. The number of aromatic carboxylic acids is 1. The number of carbonyl (C=O) groups is 2. The SMILES string of the molecule is O=C(O)c1ccnc(OCCN2C(=O)CCCN2CCC(O)Cc2cccc(C(F)(F)F)c2)c1. The van der Waals surface area contributed by atoms with Gasteiger partial charge in [0.2, 0.25) is 11.8 Å². The van der Waals surface area contributed by atoms with Crippen LogP contribution in [0.2, 0.25) is 0 Å². The average Bonchev–Trinajstić information content (AvgIpc) is 2.79. The zero-order chi connectivity index (χ0) is 24.7. The van der Waals surface area contributed by atoms with E-state index in [4.69, 9.17) is 9.84 Å². The molecule has 2 heterocycles. The van der Waals surface area contributed by atoms with Gasteiger partial charge in [-0.05, 0) is 37.0 Å². The molecule has 11 heteroatoms. The minimum Gasteiger partial charge on any atom is -0.478 e. The molecule has 0 radical (unpaired) electrons. The molecule has 1 saturated heterocycles. The van der Waals surface area contributed by atoms with Gasteiger partial charge in [0, 0.05) is 31.8 Å². The minimum absolute atomic E-state index is 0.0374. The van der Waals surface area contributed by atoms with Crippen molar-refractivity contribution >= 4 is 11.9 Å². The first kappa shape index (κ1) is 25.4. The van der Waals surface area contributed by atoms with E-state index in [0.717, 1.165) is 12.1 Å². The number of hydrazine groups is 1. The molecule has 8 nitrogen and oxygen atoms in total. The molecule has 3 rings (SSSR count). The summed E-state index contributed by atoms with van der Waals surface area (Å²) >= 11 is 0. The summed E-state index contributed by atoms with van der Waals surface area (Å²) in [5.74, 6) is -1.07. The number of aliphatic hydroxyl groups is 1. The summed E-state index contributed by atoms with van der Waals surface area (Å²) in [4.78, 5) is 27.4. The minimum atomic E-state index is -4.44. The Kier molecular flexibility index (Phi) is 8.46. The van der Waals surface area contributed by atoms with Crippen LogP contribution in [0.1, 0.15) is 40.7 Å². The normalized spacial score (nSPS) is 15.9. The second kappa shape index (κ2) is 11.3. The summed E-state index contributed by atoms with van der Waals surface area (Å²) in [6.07, 6.45) is -2.63. The lowest BCUT2D eigenvalue weighted by atomic mass is 10.0. The van der Waals surface area contributed by atoms with Crippen LogP contribution >= 0.6 is 0 Å². The smallest absolute Gasteiger partial charge is 0.416 e. The number of rotatable bonds is 10. The van der Waals surface area contributed by atoms with Gasteiger partial charge in [-0.15, -0.1) is 0 Å². The molecule has 1 aliphatic heterocycles. The molecule has 2 aromatic rings. The van der Waals surface area contributed by atoms with Crippen LogP contribution in [0.3, 0.4) is 0 Å². The van der Waals surface area contributed by atoms with Crippen molar-refractivity contribution in [3.63, 3.8) is 0 Å². The van der Waals surface area contributed by atoms with Gasteiger partial charge in [0.1, 0.15) is 6.61 Å². The molecule has 1 unspecified atom stereocenters. The lowest BCUT2D eigenvalue weighted by Crippen LogP contribution is -2.52. The number of amides is 1. The molecule has 1 atom stereocenters. The summed E-state index contributed by atoms with van der Waals surface area (Å²) in [7, 11) is 0. The maximum absolute atomic E-state index is 12.9. The summed E-state index contributed by atoms with van der Waals surface area (Å²) in [5, 5.41) is 22.7. The number of alkyl halides is 3. The van der Waals surface area contributed by atoms with E-state index in [9.17, 15) is 27.9 Å². The highest BCUT2D eigenvalue weighted by molar-refractivity contribution is 5.87. The van der Waals surface area contributed by atoms with E-state index >= 15 is 0 Å². The highest BCUT2D eigenvalue weighted by Crippen LogP contribution is 2.29. The van der Waals surface area contributed by atoms with Crippen molar-refractivity contribution in [2.75, 3.05) is 26.2 Å². The Morgan fingerprint density at radius 2 is 2.00 bits per heavy atom. The highest BCUT2D eigenvalue weighted by Gasteiger charge is 2.30. The predicted molar refractivity (Wildman–Crippen MR) is 115 cm³/mol. The molecule has 0 spiro atoms. The number of halogens is 3. The fraction of sp³-hybridized carbons (Fsp3) is 0.435. The fourth-order valence-electron chi connectivity index (χ4n) is 3.72. The molecule has 1 aliphatic rings. The standard InChI is InChI=1S/C23H26F3N3O5/c24-23(25,26)18-4-1-3-16(13-18)14-19(30)7-10-28-9-2-5-21(31)29(28)11-12-34-20-15-17(22(32)33)6-8-27-20/h1,3-4,6,8,13,15,19,30H,2,5,7,9-12,14H2,(H,32,33). The second-order valence-electron chi connectivity index (χ2n) is 7.96. The summed E-state index contributed by atoms with van der Waals surface area (Å²) in [6, 6.07) is 7.52. The van der Waals surface area contributed by atoms with Gasteiger partial charge in [-0.3, -0.25) is 9.80 Å². The van der Waals surface area contributed by atoms with Crippen LogP contribution in [0.5, 0.6) is 5.88 Å². The fourth-order valence-corrected chi connectivity index (χ4v) is 3.72. The average molecular weight is 481 g/mol. The first-order valence-corrected chi connectivity index (χ1v) is 10.8. The zero-order valence-electron chi connectivity index (χ0n) is 18.4. The molecule has 1 fully saturated rings. The number of benzene rings is 1. The molecular formula is C23H26F3N3O5. The van der Waals surface area contributed by atoms with E-state index in [-0.39, 0.29) is 43.3 Å². The van der Waals surface area contributed by atoms with Crippen molar-refractivity contribution in [3.05, 3.63) is 59.3 Å². The third-order valence-electron chi connectivity index (χ3n) is 5.42. The first-order chi connectivity index (χ1) is 16.1. The van der Waals surface area contributed by atoms with Crippen LogP contribution in [0.15, 0.2) is 42.6 Å². The second-order valence-corrected chi connectivity index (χ2v) is 7.96. The summed E-state index contributed by atoms with van der Waals surface area (Å²) in [5.41, 5.74) is -0.331. The maximum atomic E-state index is 12.9. The van der Waals surface area contributed by atoms with Crippen LogP contribution in [0.25, 0.3) is 0 Å². The summed E-state index contributed by atoms with van der Waals surface area (Å²) < 4.78 is 44.2.